The summed E-state index contributed by atoms with van der Waals surface area (Å²) < 4.78 is 17.4. The molecule has 2 atom stereocenters. The van der Waals surface area contributed by atoms with Crippen molar-refractivity contribution in [2.24, 2.45) is 0 Å². The summed E-state index contributed by atoms with van der Waals surface area (Å²) in [5, 5.41) is 7.81. The fourth-order valence-electron chi connectivity index (χ4n) is 4.87. The highest BCUT2D eigenvalue weighted by Gasteiger charge is 2.34. The maximum Gasteiger partial charge on any atom is 0.237 e. The number of hydrogen-bond acceptors (Lipinski definition) is 5. The van der Waals surface area contributed by atoms with Gasteiger partial charge in [0.05, 0.1) is 45.5 Å². The average Bonchev–Trinajstić information content (AvgIpc) is 3.29. The number of amides is 1. The number of nitrogens with one attached hydrogen (secondary N) is 3. The van der Waals surface area contributed by atoms with Crippen LogP contribution in [0, 0.1) is 0 Å². The zero-order valence-electron chi connectivity index (χ0n) is 20.4. The molecule has 4 aromatic rings. The van der Waals surface area contributed by atoms with Gasteiger partial charge in [-0.3, -0.25) is 10.1 Å². The molecule has 8 heteroatoms. The van der Waals surface area contributed by atoms with Gasteiger partial charge >= 0.3 is 0 Å². The number of benzene rings is 3. The molecular weight excluding hydrogens is 522 g/mol. The van der Waals surface area contributed by atoms with Gasteiger partial charge in [0.2, 0.25) is 5.91 Å². The molecule has 3 N–H and O–H groups in total. The monoisotopic (exact) mass is 549 g/mol. The van der Waals surface area contributed by atoms with Crippen molar-refractivity contribution in [3.05, 3.63) is 87.5 Å². The smallest absolute Gasteiger partial charge is 0.237 e. The Kier molecular flexibility index (Phi) is 6.89. The van der Waals surface area contributed by atoms with Gasteiger partial charge in [-0.25, -0.2) is 0 Å². The topological polar surface area (TPSA) is 84.6 Å². The van der Waals surface area contributed by atoms with E-state index in [0.29, 0.717) is 23.7 Å². The van der Waals surface area contributed by atoms with E-state index < -0.39 is 6.04 Å². The van der Waals surface area contributed by atoms with E-state index in [4.69, 9.17) is 14.2 Å². The molecule has 1 unspecified atom stereocenters. The van der Waals surface area contributed by atoms with Gasteiger partial charge in [-0.15, -0.1) is 0 Å². The van der Waals surface area contributed by atoms with Gasteiger partial charge in [0.15, 0.2) is 0 Å². The summed E-state index contributed by atoms with van der Waals surface area (Å²) in [4.78, 5) is 17.1. The fraction of sp³-hybridized carbons (Fsp3) is 0.250. The Balaban J connectivity index is 1.44. The third-order valence-electron chi connectivity index (χ3n) is 6.69. The highest BCUT2D eigenvalue weighted by molar-refractivity contribution is 9.10. The lowest BCUT2D eigenvalue weighted by Gasteiger charge is -2.31. The minimum absolute atomic E-state index is 0.0898. The number of fused-ring (bicyclic) bond motifs is 3. The fourth-order valence-corrected chi connectivity index (χ4v) is 5.14. The number of rotatable bonds is 7. The van der Waals surface area contributed by atoms with Crippen LogP contribution in [0.25, 0.3) is 10.9 Å². The van der Waals surface area contributed by atoms with Crippen LogP contribution in [0.1, 0.15) is 28.4 Å². The highest BCUT2D eigenvalue weighted by Crippen LogP contribution is 2.36. The van der Waals surface area contributed by atoms with Crippen LogP contribution < -0.4 is 24.8 Å². The summed E-state index contributed by atoms with van der Waals surface area (Å²) in [7, 11) is 4.76. The van der Waals surface area contributed by atoms with Gasteiger partial charge in [-0.2, -0.15) is 0 Å². The molecule has 1 aliphatic rings. The number of halogens is 1. The Morgan fingerprint density at radius 3 is 2.36 bits per heavy atom. The molecule has 0 saturated carbocycles. The molecule has 0 radical (unpaired) electrons. The molecule has 5 rings (SSSR count). The summed E-state index contributed by atoms with van der Waals surface area (Å²) in [6, 6.07) is 19.4. The molecular formula is C28H28BrN3O4. The van der Waals surface area contributed by atoms with Crippen molar-refractivity contribution in [1.29, 1.82) is 0 Å². The number of para-hydroxylation sites is 1. The Hall–Kier alpha value is -3.49. The van der Waals surface area contributed by atoms with Gasteiger partial charge in [0.25, 0.3) is 0 Å². The van der Waals surface area contributed by atoms with Crippen LogP contribution in [0.3, 0.4) is 0 Å². The van der Waals surface area contributed by atoms with Crippen molar-refractivity contribution in [2.75, 3.05) is 21.3 Å². The highest BCUT2D eigenvalue weighted by atomic mass is 79.9. The summed E-state index contributed by atoms with van der Waals surface area (Å²) in [5.41, 5.74) is 5.17. The van der Waals surface area contributed by atoms with E-state index in [0.717, 1.165) is 37.8 Å². The largest absolute Gasteiger partial charge is 0.496 e. The number of carbonyl (C=O) groups excluding carboxylic acids is 1. The quantitative estimate of drug-likeness (QED) is 0.306. The molecule has 1 aromatic heterocycles. The molecule has 36 heavy (non-hydrogen) atoms. The lowest BCUT2D eigenvalue weighted by Crippen LogP contribution is -2.49. The molecule has 3 aromatic carbocycles. The second-order valence-electron chi connectivity index (χ2n) is 8.70. The average molecular weight is 550 g/mol. The predicted molar refractivity (Wildman–Crippen MR) is 143 cm³/mol. The molecule has 1 aliphatic heterocycles. The van der Waals surface area contributed by atoms with E-state index in [-0.39, 0.29) is 18.5 Å². The number of carbonyl (C=O) groups is 1. The lowest BCUT2D eigenvalue weighted by molar-refractivity contribution is -0.123. The van der Waals surface area contributed by atoms with E-state index in [2.05, 4.69) is 55.8 Å². The van der Waals surface area contributed by atoms with Crippen LogP contribution in [-0.4, -0.2) is 38.3 Å². The van der Waals surface area contributed by atoms with Crippen molar-refractivity contribution < 1.29 is 19.0 Å². The first-order valence-corrected chi connectivity index (χ1v) is 12.5. The molecule has 0 bridgehead atoms. The molecule has 0 fully saturated rings. The summed E-state index contributed by atoms with van der Waals surface area (Å²) in [6.07, 6.45) is 0.578. The van der Waals surface area contributed by atoms with Crippen LogP contribution in [-0.2, 0) is 17.8 Å². The van der Waals surface area contributed by atoms with Crippen LogP contribution >= 0.6 is 15.9 Å². The zero-order valence-corrected chi connectivity index (χ0v) is 21.9. The molecule has 186 valence electrons. The maximum atomic E-state index is 13.5. The van der Waals surface area contributed by atoms with Gasteiger partial charge in [-0.05, 0) is 35.7 Å². The Labute approximate surface area is 218 Å². The van der Waals surface area contributed by atoms with E-state index >= 15 is 0 Å². The molecule has 0 saturated heterocycles. The third-order valence-corrected chi connectivity index (χ3v) is 7.22. The molecule has 7 nitrogen and oxygen atoms in total. The molecule has 2 heterocycles. The van der Waals surface area contributed by atoms with Crippen LogP contribution in [0.15, 0.2) is 65.1 Å². The van der Waals surface area contributed by atoms with E-state index in [1.807, 2.05) is 24.3 Å². The second-order valence-corrected chi connectivity index (χ2v) is 9.61. The van der Waals surface area contributed by atoms with E-state index in [1.165, 1.54) is 0 Å². The summed E-state index contributed by atoms with van der Waals surface area (Å²) in [6.45, 7) is 0.261. The Morgan fingerprint density at radius 1 is 1.00 bits per heavy atom. The first-order chi connectivity index (χ1) is 17.5. The van der Waals surface area contributed by atoms with Crippen molar-refractivity contribution >= 4 is 32.7 Å². The minimum Gasteiger partial charge on any atom is -0.496 e. The number of hydrogen-bond donors (Lipinski definition) is 3. The van der Waals surface area contributed by atoms with Gasteiger partial charge < -0.3 is 24.5 Å². The normalized spacial score (nSPS) is 16.9. The van der Waals surface area contributed by atoms with E-state index in [9.17, 15) is 4.79 Å². The Bertz CT molecular complexity index is 1370. The molecule has 0 aliphatic carbocycles. The first kappa shape index (κ1) is 24.2. The number of methoxy groups -OCH3 is 3. The van der Waals surface area contributed by atoms with Crippen LogP contribution in [0.4, 0.5) is 0 Å². The zero-order chi connectivity index (χ0) is 25.2. The standard InChI is InChI=1S/C28H28BrN3O4/c1-34-18-12-24(35-2)21(25(13-18)36-3)15-30-28(33)23-14-20-19-6-4-5-7-22(19)31-27(20)26(32-23)16-8-10-17(29)11-9-16/h4-13,23,26,31-32H,14-15H2,1-3H3,(H,30,33)/t23-,26?/m1/s1. The maximum absolute atomic E-state index is 13.5. The number of aromatic amines is 1. The van der Waals surface area contributed by atoms with Crippen molar-refractivity contribution in [3.63, 3.8) is 0 Å². The van der Waals surface area contributed by atoms with Crippen molar-refractivity contribution in [3.8, 4) is 17.2 Å². The third kappa shape index (κ3) is 4.54. The number of aromatic nitrogens is 1. The molecule has 0 spiro atoms. The Morgan fingerprint density at radius 2 is 1.69 bits per heavy atom. The van der Waals surface area contributed by atoms with Crippen LogP contribution in [0.2, 0.25) is 0 Å². The molecule has 1 amide bonds. The SMILES string of the molecule is COc1cc(OC)c(CNC(=O)[C@H]2Cc3c([nH]c4ccccc34)C(c3ccc(Br)cc3)N2)c(OC)c1. The summed E-state index contributed by atoms with van der Waals surface area (Å²) >= 11 is 3.52. The van der Waals surface area contributed by atoms with E-state index in [1.54, 1.807) is 33.5 Å². The minimum atomic E-state index is -0.416. The van der Waals surface area contributed by atoms with Crippen molar-refractivity contribution in [1.82, 2.24) is 15.6 Å². The predicted octanol–water partition coefficient (Wildman–Crippen LogP) is 4.88. The van der Waals surface area contributed by atoms with Gasteiger partial charge in [0, 0.05) is 33.2 Å². The number of ether oxygens (including phenoxy) is 3. The first-order valence-electron chi connectivity index (χ1n) is 11.7. The number of H-pyrrole nitrogens is 1. The van der Waals surface area contributed by atoms with Gasteiger partial charge in [-0.1, -0.05) is 46.3 Å². The second kappa shape index (κ2) is 10.2. The lowest BCUT2D eigenvalue weighted by atomic mass is 9.90. The van der Waals surface area contributed by atoms with Crippen LogP contribution in [0.5, 0.6) is 17.2 Å². The van der Waals surface area contributed by atoms with Crippen molar-refractivity contribution in [2.45, 2.75) is 25.0 Å². The summed E-state index contributed by atoms with van der Waals surface area (Å²) in [5.74, 6) is 1.72. The van der Waals surface area contributed by atoms with Gasteiger partial charge in [0.1, 0.15) is 17.2 Å².